The molecular formula is C24H17N3O2S2. The van der Waals surface area contributed by atoms with Crippen molar-refractivity contribution in [3.63, 3.8) is 0 Å². The van der Waals surface area contributed by atoms with E-state index in [2.05, 4.69) is 21.6 Å². The molecule has 6 rings (SSSR count). The second kappa shape index (κ2) is 7.28. The SMILES string of the molecule is O=C(CSc1ccc2c3c(cccc13)C(=O)c1ccccc1-2)Nc1nnc(C2CC2)s1. The fourth-order valence-electron chi connectivity index (χ4n) is 4.06. The van der Waals surface area contributed by atoms with E-state index in [0.29, 0.717) is 11.0 Å². The van der Waals surface area contributed by atoms with E-state index in [0.717, 1.165) is 55.8 Å². The number of anilines is 1. The Labute approximate surface area is 186 Å². The van der Waals surface area contributed by atoms with Gasteiger partial charge in [-0.15, -0.1) is 22.0 Å². The average molecular weight is 444 g/mol. The zero-order valence-electron chi connectivity index (χ0n) is 16.4. The number of rotatable bonds is 5. The van der Waals surface area contributed by atoms with Crippen LogP contribution in [0, 0.1) is 0 Å². The molecule has 2 aliphatic rings. The van der Waals surface area contributed by atoms with Gasteiger partial charge in [0.2, 0.25) is 11.0 Å². The third-order valence-corrected chi connectivity index (χ3v) is 7.75. The van der Waals surface area contributed by atoms with Crippen molar-refractivity contribution in [3.05, 3.63) is 70.7 Å². The lowest BCUT2D eigenvalue weighted by Crippen LogP contribution is -2.14. The van der Waals surface area contributed by atoms with Crippen molar-refractivity contribution in [1.82, 2.24) is 10.2 Å². The first-order chi connectivity index (χ1) is 15.2. The molecule has 2 aliphatic carbocycles. The van der Waals surface area contributed by atoms with Crippen LogP contribution in [-0.4, -0.2) is 27.6 Å². The maximum atomic E-state index is 13.0. The van der Waals surface area contributed by atoms with Crippen LogP contribution in [0.5, 0.6) is 0 Å². The zero-order valence-corrected chi connectivity index (χ0v) is 18.1. The number of fused-ring (bicyclic) bond motifs is 2. The summed E-state index contributed by atoms with van der Waals surface area (Å²) in [7, 11) is 0. The van der Waals surface area contributed by atoms with Crippen LogP contribution in [0.1, 0.15) is 39.7 Å². The molecule has 1 fully saturated rings. The number of amides is 1. The summed E-state index contributed by atoms with van der Waals surface area (Å²) in [5, 5.41) is 14.7. The summed E-state index contributed by atoms with van der Waals surface area (Å²) in [6, 6.07) is 17.7. The topological polar surface area (TPSA) is 72.0 Å². The summed E-state index contributed by atoms with van der Waals surface area (Å²) in [4.78, 5) is 26.5. The highest BCUT2D eigenvalue weighted by molar-refractivity contribution is 8.00. The Morgan fingerprint density at radius 1 is 0.968 bits per heavy atom. The van der Waals surface area contributed by atoms with E-state index in [1.54, 1.807) is 0 Å². The summed E-state index contributed by atoms with van der Waals surface area (Å²) in [6.45, 7) is 0. The summed E-state index contributed by atoms with van der Waals surface area (Å²) in [5.74, 6) is 0.742. The number of carbonyl (C=O) groups is 2. The van der Waals surface area contributed by atoms with Crippen molar-refractivity contribution < 1.29 is 9.59 Å². The van der Waals surface area contributed by atoms with Crippen molar-refractivity contribution >= 4 is 50.7 Å². The summed E-state index contributed by atoms with van der Waals surface area (Å²) >= 11 is 2.93. The molecule has 7 heteroatoms. The van der Waals surface area contributed by atoms with Crippen LogP contribution < -0.4 is 5.32 Å². The van der Waals surface area contributed by atoms with Crippen LogP contribution in [0.2, 0.25) is 0 Å². The lowest BCUT2D eigenvalue weighted by atomic mass is 9.83. The predicted molar refractivity (Wildman–Crippen MR) is 124 cm³/mol. The molecule has 1 heterocycles. The molecule has 1 N–H and O–H groups in total. The van der Waals surface area contributed by atoms with Gasteiger partial charge in [0.1, 0.15) is 5.01 Å². The molecule has 0 bridgehead atoms. The third kappa shape index (κ3) is 3.25. The van der Waals surface area contributed by atoms with Crippen LogP contribution in [0.15, 0.2) is 59.5 Å². The fourth-order valence-corrected chi connectivity index (χ4v) is 5.84. The lowest BCUT2D eigenvalue weighted by Gasteiger charge is -2.21. The molecule has 0 unspecified atom stereocenters. The number of nitrogens with zero attached hydrogens (tertiary/aromatic N) is 2. The van der Waals surface area contributed by atoms with Crippen LogP contribution in [0.3, 0.4) is 0 Å². The molecule has 1 saturated carbocycles. The molecule has 5 nitrogen and oxygen atoms in total. The largest absolute Gasteiger partial charge is 0.300 e. The highest BCUT2D eigenvalue weighted by Crippen LogP contribution is 2.43. The van der Waals surface area contributed by atoms with Crippen LogP contribution in [0.25, 0.3) is 21.9 Å². The van der Waals surface area contributed by atoms with Gasteiger partial charge in [-0.25, -0.2) is 0 Å². The van der Waals surface area contributed by atoms with Gasteiger partial charge in [0.25, 0.3) is 0 Å². The number of nitrogens with one attached hydrogen (secondary N) is 1. The minimum Gasteiger partial charge on any atom is -0.300 e. The Balaban J connectivity index is 1.28. The van der Waals surface area contributed by atoms with E-state index in [-0.39, 0.29) is 17.4 Å². The number of carbonyl (C=O) groups excluding carboxylic acids is 2. The molecule has 4 aromatic rings. The van der Waals surface area contributed by atoms with Gasteiger partial charge in [0.15, 0.2) is 5.78 Å². The molecule has 0 aliphatic heterocycles. The number of ketones is 1. The quantitative estimate of drug-likeness (QED) is 0.363. The molecule has 1 amide bonds. The van der Waals surface area contributed by atoms with Gasteiger partial charge in [0, 0.05) is 27.3 Å². The Morgan fingerprint density at radius 3 is 2.61 bits per heavy atom. The maximum absolute atomic E-state index is 13.0. The molecule has 0 spiro atoms. The maximum Gasteiger partial charge on any atom is 0.236 e. The number of hydrogen-bond donors (Lipinski definition) is 1. The van der Waals surface area contributed by atoms with Crippen molar-refractivity contribution in [3.8, 4) is 11.1 Å². The number of benzene rings is 3. The molecule has 0 saturated heterocycles. The van der Waals surface area contributed by atoms with Gasteiger partial charge in [-0.1, -0.05) is 59.9 Å². The Morgan fingerprint density at radius 2 is 1.77 bits per heavy atom. The fraction of sp³-hybridized carbons (Fsp3) is 0.167. The summed E-state index contributed by atoms with van der Waals surface area (Å²) < 4.78 is 0. The van der Waals surface area contributed by atoms with E-state index in [9.17, 15) is 9.59 Å². The second-order valence-electron chi connectivity index (χ2n) is 7.77. The van der Waals surface area contributed by atoms with E-state index in [4.69, 9.17) is 0 Å². The minimum atomic E-state index is -0.106. The molecule has 0 radical (unpaired) electrons. The Bertz CT molecular complexity index is 1370. The van der Waals surface area contributed by atoms with Crippen molar-refractivity contribution in [2.75, 3.05) is 11.1 Å². The zero-order chi connectivity index (χ0) is 20.9. The van der Waals surface area contributed by atoms with Crippen LogP contribution >= 0.6 is 23.1 Å². The second-order valence-corrected chi connectivity index (χ2v) is 9.80. The number of hydrogen-bond acceptors (Lipinski definition) is 6. The molecule has 152 valence electrons. The minimum absolute atomic E-state index is 0.0522. The predicted octanol–water partition coefficient (Wildman–Crippen LogP) is 5.51. The summed E-state index contributed by atoms with van der Waals surface area (Å²) in [6.07, 6.45) is 2.33. The van der Waals surface area contributed by atoms with Crippen LogP contribution in [-0.2, 0) is 4.79 Å². The molecule has 0 atom stereocenters. The Hall–Kier alpha value is -3.03. The van der Waals surface area contributed by atoms with Gasteiger partial charge < -0.3 is 0 Å². The monoisotopic (exact) mass is 443 g/mol. The van der Waals surface area contributed by atoms with Gasteiger partial charge in [-0.2, -0.15) is 0 Å². The highest BCUT2D eigenvalue weighted by Gasteiger charge is 2.28. The number of thioether (sulfide) groups is 1. The van der Waals surface area contributed by atoms with Gasteiger partial charge in [0.05, 0.1) is 5.75 Å². The van der Waals surface area contributed by atoms with Crippen molar-refractivity contribution in [1.29, 1.82) is 0 Å². The first kappa shape index (κ1) is 18.7. The molecule has 3 aromatic carbocycles. The first-order valence-corrected chi connectivity index (χ1v) is 11.9. The molecule has 1 aromatic heterocycles. The van der Waals surface area contributed by atoms with Crippen molar-refractivity contribution in [2.24, 2.45) is 0 Å². The van der Waals surface area contributed by atoms with Gasteiger partial charge in [-0.05, 0) is 35.4 Å². The van der Waals surface area contributed by atoms with Gasteiger partial charge >= 0.3 is 0 Å². The van der Waals surface area contributed by atoms with E-state index in [1.807, 2.05) is 48.5 Å². The number of aromatic nitrogens is 2. The van der Waals surface area contributed by atoms with E-state index >= 15 is 0 Å². The third-order valence-electron chi connectivity index (χ3n) is 5.68. The normalized spacial score (nSPS) is 14.5. The Kier molecular flexibility index (Phi) is 4.40. The van der Waals surface area contributed by atoms with Crippen LogP contribution in [0.4, 0.5) is 5.13 Å². The van der Waals surface area contributed by atoms with Gasteiger partial charge in [-0.3, -0.25) is 14.9 Å². The van der Waals surface area contributed by atoms with Crippen molar-refractivity contribution in [2.45, 2.75) is 23.7 Å². The smallest absolute Gasteiger partial charge is 0.236 e. The summed E-state index contributed by atoms with van der Waals surface area (Å²) in [5.41, 5.74) is 3.49. The molecule has 31 heavy (non-hydrogen) atoms. The van der Waals surface area contributed by atoms with E-state index in [1.165, 1.54) is 23.1 Å². The standard InChI is InChI=1S/C24H17N3O2S2/c28-20(25-24-27-26-23(31-24)13-8-9-13)12-30-19-11-10-15-14-4-1-2-5-16(14)22(29)18-7-3-6-17(19)21(15)18/h1-7,10-11,13H,8-9,12H2,(H,25,27,28). The first-order valence-electron chi connectivity index (χ1n) is 10.1. The highest BCUT2D eigenvalue weighted by atomic mass is 32.2. The lowest BCUT2D eigenvalue weighted by molar-refractivity contribution is -0.113. The average Bonchev–Trinajstić information content (AvgIpc) is 3.55. The molecular weight excluding hydrogens is 426 g/mol. The van der Waals surface area contributed by atoms with E-state index < -0.39 is 0 Å².